The molecule has 1 aliphatic rings. The van der Waals surface area contributed by atoms with E-state index in [9.17, 15) is 14.7 Å². The van der Waals surface area contributed by atoms with Crippen molar-refractivity contribution in [2.75, 3.05) is 4.90 Å². The van der Waals surface area contributed by atoms with Crippen molar-refractivity contribution in [2.45, 2.75) is 16.1 Å². The lowest BCUT2D eigenvalue weighted by molar-refractivity contribution is -0.132. The summed E-state index contributed by atoms with van der Waals surface area (Å²) in [4.78, 5) is 28.0. The van der Waals surface area contributed by atoms with Crippen molar-refractivity contribution in [1.82, 2.24) is 10.2 Å². The number of carbonyl (C=O) groups excluding carboxylic acids is 2. The number of thioether (sulfide) groups is 1. The molecule has 1 fully saturated rings. The second-order valence-electron chi connectivity index (χ2n) is 8.11. The zero-order valence-corrected chi connectivity index (χ0v) is 25.4. The van der Waals surface area contributed by atoms with Crippen LogP contribution in [0, 0.1) is 0 Å². The van der Waals surface area contributed by atoms with Crippen LogP contribution >= 0.6 is 78.2 Å². The SMILES string of the molecule is O=C1C(=O)N(c2nnc(SCc3ccc(Cl)cc3Cl)s2)C(c2cccc(Br)c2)/C1=C(/O)c1ccc(Br)cc1. The zero-order valence-electron chi connectivity index (χ0n) is 19.1. The summed E-state index contributed by atoms with van der Waals surface area (Å²) in [6, 6.07) is 18.5. The van der Waals surface area contributed by atoms with E-state index in [2.05, 4.69) is 42.1 Å². The first kappa shape index (κ1) is 27.4. The first-order valence-corrected chi connectivity index (χ1v) is 15.1. The van der Waals surface area contributed by atoms with Crippen LogP contribution in [0.3, 0.4) is 0 Å². The van der Waals surface area contributed by atoms with Gasteiger partial charge >= 0.3 is 5.91 Å². The Kier molecular flexibility index (Phi) is 8.27. The molecule has 3 aromatic carbocycles. The van der Waals surface area contributed by atoms with E-state index in [1.165, 1.54) is 28.0 Å². The predicted octanol–water partition coefficient (Wildman–Crippen LogP) is 8.29. The highest BCUT2D eigenvalue weighted by Gasteiger charge is 2.48. The van der Waals surface area contributed by atoms with Gasteiger partial charge in [0.05, 0.1) is 11.6 Å². The summed E-state index contributed by atoms with van der Waals surface area (Å²) in [5.74, 6) is -1.34. The third-order valence-electron chi connectivity index (χ3n) is 5.69. The molecular weight excluding hydrogens is 697 g/mol. The van der Waals surface area contributed by atoms with E-state index >= 15 is 0 Å². The zero-order chi connectivity index (χ0) is 27.0. The van der Waals surface area contributed by atoms with Gasteiger partial charge < -0.3 is 5.11 Å². The number of Topliss-reactive ketones (excluding diaryl/α,β-unsaturated/α-hetero) is 1. The van der Waals surface area contributed by atoms with Crippen molar-refractivity contribution < 1.29 is 14.7 Å². The van der Waals surface area contributed by atoms with Crippen molar-refractivity contribution in [2.24, 2.45) is 0 Å². The molecule has 38 heavy (non-hydrogen) atoms. The highest BCUT2D eigenvalue weighted by atomic mass is 79.9. The molecule has 1 N–H and O–H groups in total. The molecule has 0 spiro atoms. The number of halogens is 4. The smallest absolute Gasteiger partial charge is 0.301 e. The molecule has 192 valence electrons. The summed E-state index contributed by atoms with van der Waals surface area (Å²) < 4.78 is 2.17. The fraction of sp³-hybridized carbons (Fsp3) is 0.0769. The Morgan fingerprint density at radius 2 is 1.76 bits per heavy atom. The van der Waals surface area contributed by atoms with E-state index in [0.29, 0.717) is 31.3 Å². The number of aliphatic hydroxyl groups is 1. The minimum absolute atomic E-state index is 0.0206. The Morgan fingerprint density at radius 1 is 1.00 bits per heavy atom. The standard InChI is InChI=1S/C26H15Br2Cl2N3O3S2/c27-16-7-4-13(5-8-16)22(34)20-21(14-2-1-3-17(28)10-14)33(24(36)23(20)35)25-31-32-26(38-25)37-12-15-6-9-18(29)11-19(15)30/h1-11,21,34H,12H2/b22-20-. The van der Waals surface area contributed by atoms with E-state index in [4.69, 9.17) is 23.2 Å². The molecular formula is C26H15Br2Cl2N3O3S2. The quantitative estimate of drug-likeness (QED) is 0.0713. The summed E-state index contributed by atoms with van der Waals surface area (Å²) >= 11 is 21.7. The number of ketones is 1. The highest BCUT2D eigenvalue weighted by Crippen LogP contribution is 2.44. The largest absolute Gasteiger partial charge is 0.507 e. The molecule has 0 saturated carbocycles. The third kappa shape index (κ3) is 5.57. The van der Waals surface area contributed by atoms with E-state index in [0.717, 1.165) is 14.5 Å². The number of carbonyl (C=O) groups is 2. The van der Waals surface area contributed by atoms with Gasteiger partial charge in [-0.1, -0.05) is 108 Å². The maximum atomic E-state index is 13.4. The molecule has 1 aromatic heterocycles. The average Bonchev–Trinajstić information content (AvgIpc) is 3.45. The maximum Gasteiger partial charge on any atom is 0.301 e. The summed E-state index contributed by atoms with van der Waals surface area (Å²) in [5.41, 5.74) is 1.91. The van der Waals surface area contributed by atoms with E-state index in [1.54, 1.807) is 54.6 Å². The molecule has 2 heterocycles. The Hall–Kier alpha value is -2.21. The van der Waals surface area contributed by atoms with Crippen molar-refractivity contribution >= 4 is 101 Å². The van der Waals surface area contributed by atoms with E-state index in [1.807, 2.05) is 12.1 Å². The first-order valence-electron chi connectivity index (χ1n) is 11.0. The number of aliphatic hydroxyl groups excluding tert-OH is 1. The van der Waals surface area contributed by atoms with Crippen LogP contribution in [0.4, 0.5) is 5.13 Å². The lowest BCUT2D eigenvalue weighted by Gasteiger charge is -2.22. The second kappa shape index (κ2) is 11.5. The van der Waals surface area contributed by atoms with Gasteiger partial charge in [0.1, 0.15) is 5.76 Å². The molecule has 0 radical (unpaired) electrons. The Bertz CT molecular complexity index is 1590. The first-order chi connectivity index (χ1) is 18.2. The van der Waals surface area contributed by atoms with Crippen LogP contribution < -0.4 is 4.90 Å². The third-order valence-corrected chi connectivity index (χ3v) is 9.41. The fourth-order valence-electron chi connectivity index (χ4n) is 3.92. The molecule has 12 heteroatoms. The van der Waals surface area contributed by atoms with Gasteiger partial charge in [-0.15, -0.1) is 10.2 Å². The number of amides is 1. The molecule has 4 aromatic rings. The van der Waals surface area contributed by atoms with Gasteiger partial charge in [0, 0.05) is 30.3 Å². The molecule has 1 amide bonds. The Labute approximate surface area is 252 Å². The van der Waals surface area contributed by atoms with Gasteiger partial charge in [-0.3, -0.25) is 14.5 Å². The van der Waals surface area contributed by atoms with Crippen LogP contribution in [0.15, 0.2) is 85.6 Å². The summed E-state index contributed by atoms with van der Waals surface area (Å²) in [5, 5.41) is 21.0. The van der Waals surface area contributed by atoms with Crippen molar-refractivity contribution in [3.63, 3.8) is 0 Å². The molecule has 1 saturated heterocycles. The lowest BCUT2D eigenvalue weighted by Crippen LogP contribution is -2.29. The minimum atomic E-state index is -0.896. The maximum absolute atomic E-state index is 13.4. The molecule has 6 nitrogen and oxygen atoms in total. The summed E-state index contributed by atoms with van der Waals surface area (Å²) in [6.45, 7) is 0. The van der Waals surface area contributed by atoms with Gasteiger partial charge in [0.2, 0.25) is 5.13 Å². The minimum Gasteiger partial charge on any atom is -0.507 e. The predicted molar refractivity (Wildman–Crippen MR) is 159 cm³/mol. The van der Waals surface area contributed by atoms with Crippen LogP contribution in [-0.2, 0) is 15.3 Å². The van der Waals surface area contributed by atoms with Crippen molar-refractivity contribution in [3.05, 3.63) is 108 Å². The number of benzene rings is 3. The topological polar surface area (TPSA) is 83.4 Å². The van der Waals surface area contributed by atoms with Crippen LogP contribution in [0.25, 0.3) is 5.76 Å². The molecule has 5 rings (SSSR count). The molecule has 1 unspecified atom stereocenters. The number of anilines is 1. The van der Waals surface area contributed by atoms with Crippen LogP contribution in [0.5, 0.6) is 0 Å². The van der Waals surface area contributed by atoms with E-state index in [-0.39, 0.29) is 16.5 Å². The molecule has 0 aliphatic carbocycles. The molecule has 1 aliphatic heterocycles. The van der Waals surface area contributed by atoms with Gasteiger partial charge in [-0.05, 0) is 47.5 Å². The number of aromatic nitrogens is 2. The monoisotopic (exact) mass is 709 g/mol. The lowest BCUT2D eigenvalue weighted by atomic mass is 9.95. The highest BCUT2D eigenvalue weighted by molar-refractivity contribution is 9.10. The summed E-state index contributed by atoms with van der Waals surface area (Å²) in [7, 11) is 0. The number of nitrogens with zero attached hydrogens (tertiary/aromatic N) is 3. The van der Waals surface area contributed by atoms with Crippen LogP contribution in [-0.4, -0.2) is 27.0 Å². The average molecular weight is 712 g/mol. The van der Waals surface area contributed by atoms with E-state index < -0.39 is 17.7 Å². The number of hydrogen-bond acceptors (Lipinski definition) is 7. The second-order valence-corrected chi connectivity index (χ2v) is 13.0. The van der Waals surface area contributed by atoms with Crippen molar-refractivity contribution in [3.8, 4) is 0 Å². The van der Waals surface area contributed by atoms with Crippen LogP contribution in [0.2, 0.25) is 10.0 Å². The van der Waals surface area contributed by atoms with Gasteiger partial charge in [-0.2, -0.15) is 0 Å². The Balaban J connectivity index is 1.53. The molecule has 1 atom stereocenters. The Morgan fingerprint density at radius 3 is 2.47 bits per heavy atom. The number of hydrogen-bond donors (Lipinski definition) is 1. The fourth-order valence-corrected chi connectivity index (χ4v) is 7.03. The van der Waals surface area contributed by atoms with Crippen molar-refractivity contribution in [1.29, 1.82) is 0 Å². The molecule has 0 bridgehead atoms. The van der Waals surface area contributed by atoms with Crippen LogP contribution in [0.1, 0.15) is 22.7 Å². The van der Waals surface area contributed by atoms with Gasteiger partial charge in [0.15, 0.2) is 4.34 Å². The van der Waals surface area contributed by atoms with Gasteiger partial charge in [0.25, 0.3) is 5.78 Å². The van der Waals surface area contributed by atoms with Gasteiger partial charge in [-0.25, -0.2) is 0 Å². The number of rotatable bonds is 6. The summed E-state index contributed by atoms with van der Waals surface area (Å²) in [6.07, 6.45) is 0. The normalized spacial score (nSPS) is 16.8.